The minimum atomic E-state index is -0.286. The number of amides is 1. The van der Waals surface area contributed by atoms with Crippen molar-refractivity contribution in [3.63, 3.8) is 0 Å². The average molecular weight is 475 g/mol. The van der Waals surface area contributed by atoms with Gasteiger partial charge in [0.05, 0.1) is 12.6 Å². The summed E-state index contributed by atoms with van der Waals surface area (Å²) in [5, 5.41) is 12.9. The predicted octanol–water partition coefficient (Wildman–Crippen LogP) is 5.95. The Morgan fingerprint density at radius 3 is 2.54 bits per heavy atom. The van der Waals surface area contributed by atoms with E-state index in [9.17, 15) is 9.90 Å². The predicted molar refractivity (Wildman–Crippen MR) is 146 cm³/mol. The number of carbonyl (C=O) groups is 1. The Bertz CT molecular complexity index is 1030. The van der Waals surface area contributed by atoms with E-state index in [1.807, 2.05) is 7.05 Å². The van der Waals surface area contributed by atoms with Crippen LogP contribution in [0, 0.1) is 17.8 Å². The van der Waals surface area contributed by atoms with Crippen LogP contribution in [0.2, 0.25) is 0 Å². The lowest BCUT2D eigenvalue weighted by Crippen LogP contribution is -2.54. The van der Waals surface area contributed by atoms with Crippen molar-refractivity contribution in [3.05, 3.63) is 53.6 Å². The van der Waals surface area contributed by atoms with Gasteiger partial charge >= 0.3 is 0 Å². The molecule has 3 rings (SSSR count). The van der Waals surface area contributed by atoms with Crippen LogP contribution in [-0.4, -0.2) is 36.8 Å². The van der Waals surface area contributed by atoms with Gasteiger partial charge in [0.15, 0.2) is 0 Å². The summed E-state index contributed by atoms with van der Waals surface area (Å²) in [6.45, 7) is 6.29. The van der Waals surface area contributed by atoms with E-state index < -0.39 is 0 Å². The van der Waals surface area contributed by atoms with Crippen molar-refractivity contribution in [1.29, 1.82) is 0 Å². The molecule has 1 aliphatic heterocycles. The van der Waals surface area contributed by atoms with Crippen LogP contribution < -0.4 is 10.2 Å². The van der Waals surface area contributed by atoms with Crippen molar-refractivity contribution < 1.29 is 9.90 Å². The molecule has 188 valence electrons. The Kier molecular flexibility index (Phi) is 10.2. The number of aliphatic hydroxyl groups is 1. The highest BCUT2D eigenvalue weighted by molar-refractivity contribution is 5.87. The topological polar surface area (TPSA) is 52.6 Å². The average Bonchev–Trinajstić information content (AvgIpc) is 2.84. The normalized spacial score (nSPS) is 17.8. The van der Waals surface area contributed by atoms with Crippen molar-refractivity contribution >= 4 is 11.6 Å². The molecule has 0 bridgehead atoms. The molecule has 4 heteroatoms. The summed E-state index contributed by atoms with van der Waals surface area (Å²) < 4.78 is 0. The van der Waals surface area contributed by atoms with Crippen molar-refractivity contribution in [1.82, 2.24) is 5.32 Å². The molecule has 35 heavy (non-hydrogen) atoms. The van der Waals surface area contributed by atoms with E-state index in [-0.39, 0.29) is 30.5 Å². The number of likely N-dealkylation sites (N-methyl/N-ethyl adjacent to an activating group) is 1. The van der Waals surface area contributed by atoms with Crippen LogP contribution in [0.25, 0.3) is 11.1 Å². The SMILES string of the molecule is CCCCCCCCC#Cc1cccc(-c2ccc3c(c2)C[C@@H](CO)NC(=O)C(C(C)C)N3C)c1. The number of hydrogen-bond donors (Lipinski definition) is 2. The van der Waals surface area contributed by atoms with E-state index in [2.05, 4.69) is 85.3 Å². The highest BCUT2D eigenvalue weighted by Crippen LogP contribution is 2.32. The number of rotatable bonds is 9. The summed E-state index contributed by atoms with van der Waals surface area (Å²) in [6, 6.07) is 14.3. The molecule has 0 spiro atoms. The molecule has 4 nitrogen and oxygen atoms in total. The van der Waals surface area contributed by atoms with Crippen molar-refractivity contribution in [2.45, 2.75) is 84.2 Å². The largest absolute Gasteiger partial charge is 0.394 e. The van der Waals surface area contributed by atoms with Gasteiger partial charge in [-0.1, -0.05) is 82.9 Å². The van der Waals surface area contributed by atoms with Gasteiger partial charge in [-0.2, -0.15) is 0 Å². The summed E-state index contributed by atoms with van der Waals surface area (Å²) in [5.41, 5.74) is 5.48. The summed E-state index contributed by atoms with van der Waals surface area (Å²) in [5.74, 6) is 6.82. The summed E-state index contributed by atoms with van der Waals surface area (Å²) in [7, 11) is 1.99. The van der Waals surface area contributed by atoms with Crippen LogP contribution >= 0.6 is 0 Å². The smallest absolute Gasteiger partial charge is 0.243 e. The van der Waals surface area contributed by atoms with Gasteiger partial charge in [0.1, 0.15) is 6.04 Å². The Morgan fingerprint density at radius 2 is 1.80 bits per heavy atom. The minimum Gasteiger partial charge on any atom is -0.394 e. The first-order valence-electron chi connectivity index (χ1n) is 13.3. The lowest BCUT2D eigenvalue weighted by Gasteiger charge is -2.37. The molecule has 0 fully saturated rings. The fraction of sp³-hybridized carbons (Fsp3) is 0.516. The van der Waals surface area contributed by atoms with Gasteiger partial charge < -0.3 is 15.3 Å². The number of anilines is 1. The molecule has 2 aromatic rings. The first kappa shape index (κ1) is 26.8. The molecular formula is C31H42N2O2. The van der Waals surface area contributed by atoms with E-state index in [1.54, 1.807) is 0 Å². The third-order valence-corrected chi connectivity index (χ3v) is 6.89. The molecule has 1 amide bonds. The summed E-state index contributed by atoms with van der Waals surface area (Å²) in [4.78, 5) is 14.9. The maximum atomic E-state index is 12.8. The van der Waals surface area contributed by atoms with Crippen molar-refractivity contribution in [2.75, 3.05) is 18.6 Å². The molecule has 1 unspecified atom stereocenters. The van der Waals surface area contributed by atoms with Gasteiger partial charge in [0.25, 0.3) is 0 Å². The van der Waals surface area contributed by atoms with Crippen LogP contribution in [0.1, 0.15) is 76.8 Å². The number of benzene rings is 2. The minimum absolute atomic E-state index is 0.0245. The van der Waals surface area contributed by atoms with E-state index in [4.69, 9.17) is 0 Å². The molecule has 2 atom stereocenters. The zero-order valence-electron chi connectivity index (χ0n) is 21.9. The highest BCUT2D eigenvalue weighted by Gasteiger charge is 2.32. The molecule has 2 N–H and O–H groups in total. The first-order chi connectivity index (χ1) is 16.9. The number of nitrogens with zero attached hydrogens (tertiary/aromatic N) is 1. The monoisotopic (exact) mass is 474 g/mol. The van der Waals surface area contributed by atoms with E-state index in [1.165, 1.54) is 38.5 Å². The Morgan fingerprint density at radius 1 is 1.06 bits per heavy atom. The number of hydrogen-bond acceptors (Lipinski definition) is 3. The zero-order valence-corrected chi connectivity index (χ0v) is 21.9. The fourth-order valence-electron chi connectivity index (χ4n) is 5.00. The van der Waals surface area contributed by atoms with Gasteiger partial charge in [0, 0.05) is 24.7 Å². The lowest BCUT2D eigenvalue weighted by molar-refractivity contribution is -0.124. The fourth-order valence-corrected chi connectivity index (χ4v) is 5.00. The maximum Gasteiger partial charge on any atom is 0.243 e. The summed E-state index contributed by atoms with van der Waals surface area (Å²) in [6.07, 6.45) is 9.27. The van der Waals surface area contributed by atoms with Crippen LogP contribution in [0.5, 0.6) is 0 Å². The van der Waals surface area contributed by atoms with Crippen LogP contribution in [0.15, 0.2) is 42.5 Å². The third kappa shape index (κ3) is 7.36. The van der Waals surface area contributed by atoms with Gasteiger partial charge in [-0.3, -0.25) is 4.79 Å². The molecule has 0 aliphatic carbocycles. The highest BCUT2D eigenvalue weighted by atomic mass is 16.3. The Balaban J connectivity index is 1.78. The van der Waals surface area contributed by atoms with Crippen molar-refractivity contribution in [2.24, 2.45) is 5.92 Å². The molecule has 0 aromatic heterocycles. The second-order valence-corrected chi connectivity index (χ2v) is 10.1. The summed E-state index contributed by atoms with van der Waals surface area (Å²) >= 11 is 0. The number of nitrogens with one attached hydrogen (secondary N) is 1. The molecule has 0 saturated carbocycles. The molecule has 1 heterocycles. The van der Waals surface area contributed by atoms with E-state index in [0.717, 1.165) is 34.4 Å². The van der Waals surface area contributed by atoms with E-state index >= 15 is 0 Å². The zero-order chi connectivity index (χ0) is 25.2. The Labute approximate surface area is 212 Å². The molecule has 0 saturated heterocycles. The van der Waals surface area contributed by atoms with Gasteiger partial charge in [0.2, 0.25) is 5.91 Å². The number of fused-ring (bicyclic) bond motifs is 1. The van der Waals surface area contributed by atoms with Crippen LogP contribution in [0.3, 0.4) is 0 Å². The van der Waals surface area contributed by atoms with Crippen molar-refractivity contribution in [3.8, 4) is 23.0 Å². The number of aliphatic hydroxyl groups excluding tert-OH is 1. The molecule has 1 aliphatic rings. The first-order valence-corrected chi connectivity index (χ1v) is 13.3. The Hall–Kier alpha value is -2.77. The van der Waals surface area contributed by atoms with Gasteiger partial charge in [-0.15, -0.1) is 0 Å². The van der Waals surface area contributed by atoms with E-state index in [0.29, 0.717) is 6.42 Å². The molecule has 0 radical (unpaired) electrons. The van der Waals surface area contributed by atoms with Crippen LogP contribution in [-0.2, 0) is 11.2 Å². The second kappa shape index (κ2) is 13.4. The standard InChI is InChI=1S/C31H42N2O2/c1-5-6-7-8-9-10-11-12-14-24-15-13-16-25(19-24)26-17-18-29-27(20-26)21-28(22-34)32-31(35)30(23(2)3)33(29)4/h13,15-20,23,28,30,34H,5-11,21-22H2,1-4H3,(H,32,35)/t28-,30?/m0/s1. The third-order valence-electron chi connectivity index (χ3n) is 6.89. The van der Waals surface area contributed by atoms with Crippen LogP contribution in [0.4, 0.5) is 5.69 Å². The maximum absolute atomic E-state index is 12.8. The lowest BCUT2D eigenvalue weighted by atomic mass is 9.92. The number of unbranched alkanes of at least 4 members (excludes halogenated alkanes) is 6. The number of carbonyl (C=O) groups excluding carboxylic acids is 1. The second-order valence-electron chi connectivity index (χ2n) is 10.1. The van der Waals surface area contributed by atoms with Gasteiger partial charge in [-0.05, 0) is 59.7 Å². The quantitative estimate of drug-likeness (QED) is 0.349. The van der Waals surface area contributed by atoms with Gasteiger partial charge in [-0.25, -0.2) is 0 Å². The molecular weight excluding hydrogens is 432 g/mol. The molecule has 2 aromatic carbocycles.